The van der Waals surface area contributed by atoms with Crippen molar-refractivity contribution in [3.8, 4) is 0 Å². The predicted octanol–water partition coefficient (Wildman–Crippen LogP) is 1.57. The van der Waals surface area contributed by atoms with Gasteiger partial charge in [0.2, 0.25) is 5.28 Å². The van der Waals surface area contributed by atoms with Crippen LogP contribution in [0.15, 0.2) is 12.3 Å². The Morgan fingerprint density at radius 2 is 2.33 bits per heavy atom. The molecule has 2 N–H and O–H groups in total. The maximum absolute atomic E-state index is 5.61. The Hall–Kier alpha value is -0.560. The van der Waals surface area contributed by atoms with Gasteiger partial charge in [0.15, 0.2) is 5.82 Å². The lowest BCUT2D eigenvalue weighted by atomic mass is 10.5. The van der Waals surface area contributed by atoms with E-state index in [1.165, 1.54) is 0 Å². The third kappa shape index (κ3) is 1.22. The molecule has 4 nitrogen and oxygen atoms in total. The lowest BCUT2D eigenvalue weighted by molar-refractivity contribution is 0.907. The van der Waals surface area contributed by atoms with Crippen LogP contribution in [0.5, 0.6) is 0 Å². The standard InChI is InChI=1S/C6H4ClIN4/c7-6-10-5(9)4-1-3(8)2-12(4)11-6/h1-2H,(H2,9,10,11). The van der Waals surface area contributed by atoms with Crippen LogP contribution >= 0.6 is 34.2 Å². The highest BCUT2D eigenvalue weighted by atomic mass is 127. The largest absolute Gasteiger partial charge is 0.382 e. The molecular formula is C6H4ClIN4. The van der Waals surface area contributed by atoms with E-state index in [-0.39, 0.29) is 5.28 Å². The number of rotatable bonds is 0. The van der Waals surface area contributed by atoms with Crippen molar-refractivity contribution in [1.29, 1.82) is 0 Å². The Labute approximate surface area is 86.9 Å². The second-order valence-electron chi connectivity index (χ2n) is 2.25. The Kier molecular flexibility index (Phi) is 1.84. The second kappa shape index (κ2) is 2.74. The molecule has 0 aromatic carbocycles. The number of nitrogens with zero attached hydrogens (tertiary/aromatic N) is 3. The molecule has 0 saturated heterocycles. The number of nitrogens with two attached hydrogens (primary N) is 1. The number of hydrogen-bond donors (Lipinski definition) is 1. The molecule has 0 fully saturated rings. The van der Waals surface area contributed by atoms with E-state index in [9.17, 15) is 0 Å². The van der Waals surface area contributed by atoms with Crippen molar-refractivity contribution in [2.24, 2.45) is 0 Å². The maximum Gasteiger partial charge on any atom is 0.243 e. The van der Waals surface area contributed by atoms with Gasteiger partial charge in [-0.2, -0.15) is 4.98 Å². The third-order valence-corrected chi connectivity index (χ3v) is 2.18. The van der Waals surface area contributed by atoms with Gasteiger partial charge in [-0.05, 0) is 40.3 Å². The zero-order valence-corrected chi connectivity index (χ0v) is 8.74. The lowest BCUT2D eigenvalue weighted by Gasteiger charge is -1.96. The molecule has 62 valence electrons. The van der Waals surface area contributed by atoms with E-state index >= 15 is 0 Å². The lowest BCUT2D eigenvalue weighted by Crippen LogP contribution is -1.99. The van der Waals surface area contributed by atoms with Crippen molar-refractivity contribution >= 4 is 45.5 Å². The van der Waals surface area contributed by atoms with Gasteiger partial charge in [-0.25, -0.2) is 4.52 Å². The van der Waals surface area contributed by atoms with Crippen molar-refractivity contribution in [1.82, 2.24) is 14.6 Å². The van der Waals surface area contributed by atoms with Crippen LogP contribution in [0, 0.1) is 3.57 Å². The van der Waals surface area contributed by atoms with E-state index in [0.29, 0.717) is 5.82 Å². The number of fused-ring (bicyclic) bond motifs is 1. The zero-order valence-electron chi connectivity index (χ0n) is 5.83. The molecule has 0 saturated carbocycles. The van der Waals surface area contributed by atoms with Crippen molar-refractivity contribution in [2.75, 3.05) is 5.73 Å². The first-order valence-corrected chi connectivity index (χ1v) is 4.59. The molecule has 2 heterocycles. The smallest absolute Gasteiger partial charge is 0.243 e. The molecule has 0 bridgehead atoms. The first-order chi connectivity index (χ1) is 5.66. The van der Waals surface area contributed by atoms with Crippen molar-refractivity contribution in [2.45, 2.75) is 0 Å². The number of aromatic nitrogens is 3. The molecular weight excluding hydrogens is 290 g/mol. The monoisotopic (exact) mass is 294 g/mol. The summed E-state index contributed by atoms with van der Waals surface area (Å²) in [5.41, 5.74) is 6.39. The van der Waals surface area contributed by atoms with Gasteiger partial charge in [0, 0.05) is 9.77 Å². The van der Waals surface area contributed by atoms with Gasteiger partial charge in [-0.15, -0.1) is 5.10 Å². The normalized spacial score (nSPS) is 10.8. The highest BCUT2D eigenvalue weighted by molar-refractivity contribution is 14.1. The number of nitrogen functional groups attached to an aromatic ring is 1. The highest BCUT2D eigenvalue weighted by Crippen LogP contribution is 2.16. The van der Waals surface area contributed by atoms with E-state index in [0.717, 1.165) is 9.09 Å². The summed E-state index contributed by atoms with van der Waals surface area (Å²) in [5.74, 6) is 0.401. The number of halogens is 2. The molecule has 12 heavy (non-hydrogen) atoms. The van der Waals surface area contributed by atoms with Gasteiger partial charge < -0.3 is 5.73 Å². The fourth-order valence-corrected chi connectivity index (χ4v) is 1.69. The molecule has 0 aliphatic carbocycles. The first-order valence-electron chi connectivity index (χ1n) is 3.14. The first kappa shape index (κ1) is 8.06. The van der Waals surface area contributed by atoms with Crippen LogP contribution in [0.4, 0.5) is 5.82 Å². The third-order valence-electron chi connectivity index (χ3n) is 1.43. The van der Waals surface area contributed by atoms with Crippen LogP contribution < -0.4 is 5.73 Å². The van der Waals surface area contributed by atoms with E-state index in [1.807, 2.05) is 12.3 Å². The van der Waals surface area contributed by atoms with Crippen LogP contribution in [-0.4, -0.2) is 14.6 Å². The fraction of sp³-hybridized carbons (Fsp3) is 0. The Morgan fingerprint density at radius 1 is 1.58 bits per heavy atom. The second-order valence-corrected chi connectivity index (χ2v) is 3.84. The summed E-state index contributed by atoms with van der Waals surface area (Å²) >= 11 is 7.78. The SMILES string of the molecule is Nc1nc(Cl)nn2cc(I)cc12. The van der Waals surface area contributed by atoms with E-state index in [1.54, 1.807) is 4.52 Å². The molecule has 6 heteroatoms. The Balaban J connectivity index is 2.88. The molecule has 0 unspecified atom stereocenters. The fourth-order valence-electron chi connectivity index (χ4n) is 0.962. The summed E-state index contributed by atoms with van der Waals surface area (Å²) in [6.45, 7) is 0. The average Bonchev–Trinajstić information content (AvgIpc) is 2.29. The summed E-state index contributed by atoms with van der Waals surface area (Å²) < 4.78 is 2.67. The molecule has 0 aliphatic rings. The summed E-state index contributed by atoms with van der Waals surface area (Å²) in [6.07, 6.45) is 1.83. The summed E-state index contributed by atoms with van der Waals surface area (Å²) in [5, 5.41) is 4.10. The maximum atomic E-state index is 5.61. The van der Waals surface area contributed by atoms with Crippen LogP contribution in [0.1, 0.15) is 0 Å². The molecule has 2 rings (SSSR count). The minimum absolute atomic E-state index is 0.159. The van der Waals surface area contributed by atoms with Crippen molar-refractivity contribution in [3.63, 3.8) is 0 Å². The van der Waals surface area contributed by atoms with Crippen LogP contribution in [-0.2, 0) is 0 Å². The number of hydrogen-bond acceptors (Lipinski definition) is 3. The van der Waals surface area contributed by atoms with Gasteiger partial charge in [0.25, 0.3) is 0 Å². The van der Waals surface area contributed by atoms with E-state index in [2.05, 4.69) is 32.7 Å². The van der Waals surface area contributed by atoms with Crippen LogP contribution in [0.3, 0.4) is 0 Å². The average molecular weight is 294 g/mol. The predicted molar refractivity (Wildman–Crippen MR) is 55.1 cm³/mol. The van der Waals surface area contributed by atoms with E-state index < -0.39 is 0 Å². The number of anilines is 1. The Morgan fingerprint density at radius 3 is 3.08 bits per heavy atom. The van der Waals surface area contributed by atoms with Gasteiger partial charge in [-0.3, -0.25) is 0 Å². The zero-order chi connectivity index (χ0) is 8.72. The van der Waals surface area contributed by atoms with Crippen LogP contribution in [0.25, 0.3) is 5.52 Å². The van der Waals surface area contributed by atoms with Crippen LogP contribution in [0.2, 0.25) is 5.28 Å². The molecule has 0 spiro atoms. The van der Waals surface area contributed by atoms with E-state index in [4.69, 9.17) is 17.3 Å². The molecule has 0 atom stereocenters. The molecule has 0 amide bonds. The van der Waals surface area contributed by atoms with Gasteiger partial charge in [-0.1, -0.05) is 0 Å². The minimum Gasteiger partial charge on any atom is -0.382 e. The molecule has 0 aliphatic heterocycles. The summed E-state index contributed by atoms with van der Waals surface area (Å²) in [4.78, 5) is 3.82. The van der Waals surface area contributed by atoms with Gasteiger partial charge >= 0.3 is 0 Å². The quantitative estimate of drug-likeness (QED) is 0.750. The van der Waals surface area contributed by atoms with Gasteiger partial charge in [0.05, 0.1) is 0 Å². The minimum atomic E-state index is 0.159. The molecule has 0 radical (unpaired) electrons. The van der Waals surface area contributed by atoms with Crippen molar-refractivity contribution in [3.05, 3.63) is 21.1 Å². The molecule has 2 aromatic heterocycles. The summed E-state index contributed by atoms with van der Waals surface area (Å²) in [7, 11) is 0. The van der Waals surface area contributed by atoms with Gasteiger partial charge in [0.1, 0.15) is 5.52 Å². The topological polar surface area (TPSA) is 56.2 Å². The Bertz CT molecular complexity index is 438. The molecule has 2 aromatic rings. The van der Waals surface area contributed by atoms with Crippen molar-refractivity contribution < 1.29 is 0 Å². The summed E-state index contributed by atoms with van der Waals surface area (Å²) in [6, 6.07) is 1.90. The highest BCUT2D eigenvalue weighted by Gasteiger charge is 2.04.